The summed E-state index contributed by atoms with van der Waals surface area (Å²) in [6.45, 7) is -0.354. The van der Waals surface area contributed by atoms with Crippen LogP contribution in [0, 0.1) is 5.92 Å². The predicted molar refractivity (Wildman–Crippen MR) is 68.9 cm³/mol. The van der Waals surface area contributed by atoms with E-state index < -0.39 is 6.61 Å². The summed E-state index contributed by atoms with van der Waals surface area (Å²) >= 11 is 1.10. The van der Waals surface area contributed by atoms with Gasteiger partial charge in [-0.25, -0.2) is 0 Å². The first-order chi connectivity index (χ1) is 9.16. The average molecular weight is 290 g/mol. The van der Waals surface area contributed by atoms with Gasteiger partial charge in [0, 0.05) is 6.54 Å². The number of rotatable bonds is 6. The number of alkyl halides is 2. The lowest BCUT2D eigenvalue weighted by Gasteiger charge is -2.09. The van der Waals surface area contributed by atoms with Crippen molar-refractivity contribution in [1.82, 2.24) is 10.6 Å². The van der Waals surface area contributed by atoms with Gasteiger partial charge in [0.15, 0.2) is 0 Å². The van der Waals surface area contributed by atoms with Crippen LogP contribution in [0.2, 0.25) is 0 Å². The smallest absolute Gasteiger partial charge is 0.387 e. The predicted octanol–water partition coefficient (Wildman–Crippen LogP) is 2.08. The number of carbonyl (C=O) groups excluding carboxylic acids is 1. The highest BCUT2D eigenvalue weighted by atomic mass is 32.1. The van der Waals surface area contributed by atoms with Gasteiger partial charge >= 0.3 is 6.61 Å². The second-order valence-corrected chi connectivity index (χ2v) is 5.31. The molecule has 1 fully saturated rings. The third-order valence-electron chi connectivity index (χ3n) is 3.05. The van der Waals surface area contributed by atoms with Gasteiger partial charge in [-0.2, -0.15) is 8.78 Å². The molecule has 0 radical (unpaired) electrons. The van der Waals surface area contributed by atoms with E-state index in [4.69, 9.17) is 0 Å². The Bertz CT molecular complexity index is 420. The van der Waals surface area contributed by atoms with Crippen LogP contribution in [0.4, 0.5) is 8.78 Å². The maximum Gasteiger partial charge on any atom is 0.387 e. The van der Waals surface area contributed by atoms with Crippen LogP contribution in [0.15, 0.2) is 11.4 Å². The van der Waals surface area contributed by atoms with Crippen LogP contribution >= 0.6 is 11.3 Å². The summed E-state index contributed by atoms with van der Waals surface area (Å²) < 4.78 is 28.6. The molecule has 1 aliphatic heterocycles. The molecule has 0 aromatic carbocycles. The number of halogens is 2. The molecule has 106 valence electrons. The minimum atomic E-state index is -2.91. The number of hydrogen-bond acceptors (Lipinski definition) is 4. The monoisotopic (exact) mass is 290 g/mol. The molecule has 1 atom stereocenters. The van der Waals surface area contributed by atoms with Crippen LogP contribution in [-0.2, 0) is 0 Å². The van der Waals surface area contributed by atoms with Crippen molar-refractivity contribution >= 4 is 17.2 Å². The molecule has 1 aromatic heterocycles. The summed E-state index contributed by atoms with van der Waals surface area (Å²) in [4.78, 5) is 12.0. The third-order valence-corrected chi connectivity index (χ3v) is 3.95. The normalized spacial score (nSPS) is 18.8. The highest BCUT2D eigenvalue weighted by molar-refractivity contribution is 7.12. The van der Waals surface area contributed by atoms with Crippen molar-refractivity contribution in [1.29, 1.82) is 0 Å². The van der Waals surface area contributed by atoms with Crippen LogP contribution < -0.4 is 15.4 Å². The van der Waals surface area contributed by atoms with Crippen LogP contribution in [0.1, 0.15) is 22.5 Å². The molecular formula is C12H16F2N2O2S. The second kappa shape index (κ2) is 6.81. The SMILES string of the molecule is O=C(NCCC1CCNC1)c1sccc1OC(F)F. The summed E-state index contributed by atoms with van der Waals surface area (Å²) in [6.07, 6.45) is 2.02. The zero-order chi connectivity index (χ0) is 13.7. The van der Waals surface area contributed by atoms with E-state index in [0.717, 1.165) is 37.3 Å². The minimum Gasteiger partial charge on any atom is -0.433 e. The van der Waals surface area contributed by atoms with Gasteiger partial charge in [0.05, 0.1) is 0 Å². The van der Waals surface area contributed by atoms with Gasteiger partial charge in [0.2, 0.25) is 0 Å². The molecule has 0 saturated carbocycles. The zero-order valence-corrected chi connectivity index (χ0v) is 11.1. The van der Waals surface area contributed by atoms with E-state index in [2.05, 4.69) is 15.4 Å². The topological polar surface area (TPSA) is 50.4 Å². The Balaban J connectivity index is 1.80. The molecule has 0 bridgehead atoms. The molecule has 0 aliphatic carbocycles. The van der Waals surface area contributed by atoms with Crippen molar-refractivity contribution in [3.63, 3.8) is 0 Å². The summed E-state index contributed by atoms with van der Waals surface area (Å²) in [5.74, 6) is 0.178. The fourth-order valence-corrected chi connectivity index (χ4v) is 2.82. The summed E-state index contributed by atoms with van der Waals surface area (Å²) in [5.41, 5.74) is 0. The van der Waals surface area contributed by atoms with Gasteiger partial charge in [-0.3, -0.25) is 4.79 Å². The first-order valence-electron chi connectivity index (χ1n) is 6.18. The maximum absolute atomic E-state index is 12.1. The van der Waals surface area contributed by atoms with E-state index in [9.17, 15) is 13.6 Å². The lowest BCUT2D eigenvalue weighted by atomic mass is 10.1. The molecule has 1 unspecified atom stereocenters. The van der Waals surface area contributed by atoms with Crippen molar-refractivity contribution < 1.29 is 18.3 Å². The molecule has 7 heteroatoms. The van der Waals surface area contributed by atoms with E-state index in [-0.39, 0.29) is 16.5 Å². The molecule has 2 N–H and O–H groups in total. The van der Waals surface area contributed by atoms with Crippen molar-refractivity contribution in [2.75, 3.05) is 19.6 Å². The fourth-order valence-electron chi connectivity index (χ4n) is 2.08. The van der Waals surface area contributed by atoms with Crippen molar-refractivity contribution in [2.24, 2.45) is 5.92 Å². The van der Waals surface area contributed by atoms with E-state index in [1.807, 2.05) is 0 Å². The number of nitrogens with one attached hydrogen (secondary N) is 2. The Morgan fingerprint density at radius 2 is 2.47 bits per heavy atom. The Labute approximate surface area is 114 Å². The molecule has 1 saturated heterocycles. The van der Waals surface area contributed by atoms with Gasteiger partial charge < -0.3 is 15.4 Å². The summed E-state index contributed by atoms with van der Waals surface area (Å²) in [5, 5.41) is 7.56. The highest BCUT2D eigenvalue weighted by Gasteiger charge is 2.18. The van der Waals surface area contributed by atoms with Crippen LogP contribution in [0.25, 0.3) is 0 Å². The fraction of sp³-hybridized carbons (Fsp3) is 0.583. The number of carbonyl (C=O) groups is 1. The molecule has 1 amide bonds. The number of amides is 1. The van der Waals surface area contributed by atoms with E-state index in [0.29, 0.717) is 12.5 Å². The van der Waals surface area contributed by atoms with Crippen LogP contribution in [0.3, 0.4) is 0 Å². The van der Waals surface area contributed by atoms with Gasteiger partial charge in [-0.15, -0.1) is 11.3 Å². The lowest BCUT2D eigenvalue weighted by molar-refractivity contribution is -0.0498. The lowest BCUT2D eigenvalue weighted by Crippen LogP contribution is -2.26. The zero-order valence-electron chi connectivity index (χ0n) is 10.3. The molecule has 19 heavy (non-hydrogen) atoms. The van der Waals surface area contributed by atoms with Crippen molar-refractivity contribution in [3.8, 4) is 5.75 Å². The van der Waals surface area contributed by atoms with E-state index in [1.165, 1.54) is 6.07 Å². The standard InChI is InChI=1S/C12H16F2N2O2S/c13-12(14)18-9-3-6-19-10(9)11(17)16-5-2-8-1-4-15-7-8/h3,6,8,12,15H,1-2,4-5,7H2,(H,16,17). The Kier molecular flexibility index (Phi) is 5.09. The van der Waals surface area contributed by atoms with Gasteiger partial charge in [-0.05, 0) is 43.3 Å². The molecule has 4 nitrogen and oxygen atoms in total. The Hall–Kier alpha value is -1.21. The molecule has 2 heterocycles. The quantitative estimate of drug-likeness (QED) is 0.843. The highest BCUT2D eigenvalue weighted by Crippen LogP contribution is 2.26. The largest absolute Gasteiger partial charge is 0.433 e. The molecular weight excluding hydrogens is 274 g/mol. The van der Waals surface area contributed by atoms with Crippen molar-refractivity contribution in [2.45, 2.75) is 19.5 Å². The molecule has 1 aromatic rings. The van der Waals surface area contributed by atoms with Crippen molar-refractivity contribution in [3.05, 3.63) is 16.3 Å². The first-order valence-corrected chi connectivity index (χ1v) is 7.06. The summed E-state index contributed by atoms with van der Waals surface area (Å²) in [7, 11) is 0. The Morgan fingerprint density at radius 1 is 1.63 bits per heavy atom. The number of hydrogen-bond donors (Lipinski definition) is 2. The number of ether oxygens (including phenoxy) is 1. The third kappa shape index (κ3) is 4.14. The molecule has 0 spiro atoms. The van der Waals surface area contributed by atoms with Gasteiger partial charge in [0.1, 0.15) is 10.6 Å². The van der Waals surface area contributed by atoms with Crippen LogP contribution in [0.5, 0.6) is 5.75 Å². The first kappa shape index (κ1) is 14.2. The van der Waals surface area contributed by atoms with E-state index in [1.54, 1.807) is 5.38 Å². The number of thiophene rings is 1. The van der Waals surface area contributed by atoms with Gasteiger partial charge in [0.25, 0.3) is 5.91 Å². The van der Waals surface area contributed by atoms with Crippen LogP contribution in [-0.4, -0.2) is 32.2 Å². The Morgan fingerprint density at radius 3 is 3.16 bits per heavy atom. The minimum absolute atomic E-state index is 0.0555. The second-order valence-electron chi connectivity index (χ2n) is 4.40. The van der Waals surface area contributed by atoms with Gasteiger partial charge in [-0.1, -0.05) is 0 Å². The molecule has 2 rings (SSSR count). The summed E-state index contributed by atoms with van der Waals surface area (Å²) in [6, 6.07) is 1.38. The maximum atomic E-state index is 12.1. The van der Waals surface area contributed by atoms with E-state index >= 15 is 0 Å². The average Bonchev–Trinajstić information content (AvgIpc) is 2.99. The molecule has 1 aliphatic rings.